The van der Waals surface area contributed by atoms with Gasteiger partial charge in [-0.2, -0.15) is 5.82 Å². The molecule has 4 heteroatoms. The van der Waals surface area contributed by atoms with Gasteiger partial charge < -0.3 is 9.64 Å². The number of methoxy groups -OCH3 is 1. The van der Waals surface area contributed by atoms with Crippen LogP contribution in [0.2, 0.25) is 0 Å². The summed E-state index contributed by atoms with van der Waals surface area (Å²) >= 11 is 0. The van der Waals surface area contributed by atoms with Gasteiger partial charge in [-0.3, -0.25) is 0 Å². The van der Waals surface area contributed by atoms with Gasteiger partial charge in [0.15, 0.2) is 0 Å². The van der Waals surface area contributed by atoms with Crippen LogP contribution in [0.1, 0.15) is 19.8 Å². The fourth-order valence-corrected chi connectivity index (χ4v) is 1.76. The van der Waals surface area contributed by atoms with Gasteiger partial charge in [0.05, 0.1) is 7.11 Å². The van der Waals surface area contributed by atoms with Crippen LogP contribution in [0, 0.1) is 18.2 Å². The highest BCUT2D eigenvalue weighted by molar-refractivity contribution is 6.79. The minimum absolute atomic E-state index is 0.404. The predicted octanol–water partition coefficient (Wildman–Crippen LogP) is 2.33. The molecule has 0 aromatic heterocycles. The molecule has 1 unspecified atom stereocenters. The zero-order chi connectivity index (χ0) is 14.5. The number of hydrogen-bond donors (Lipinski definition) is 0. The SMILES string of the molecule is C#C[B]C(=N/C=C/C(CC=C)CN(C)CCC)OC. The lowest BCUT2D eigenvalue weighted by Crippen LogP contribution is -2.25. The zero-order valence-corrected chi connectivity index (χ0v) is 12.3. The molecule has 0 amide bonds. The lowest BCUT2D eigenvalue weighted by molar-refractivity contribution is 0.301. The first-order valence-corrected chi connectivity index (χ1v) is 6.55. The van der Waals surface area contributed by atoms with Crippen LogP contribution in [0.5, 0.6) is 0 Å². The number of aliphatic imine (C=N–C) groups is 1. The van der Waals surface area contributed by atoms with E-state index in [-0.39, 0.29) is 0 Å². The maximum atomic E-state index is 5.17. The van der Waals surface area contributed by atoms with E-state index in [1.807, 2.05) is 6.08 Å². The van der Waals surface area contributed by atoms with Crippen LogP contribution >= 0.6 is 0 Å². The molecule has 0 N–H and O–H groups in total. The molecule has 0 aliphatic carbocycles. The van der Waals surface area contributed by atoms with Crippen molar-refractivity contribution in [3.63, 3.8) is 0 Å². The van der Waals surface area contributed by atoms with Crippen LogP contribution in [-0.4, -0.2) is 45.2 Å². The van der Waals surface area contributed by atoms with Crippen LogP contribution in [0.15, 0.2) is 29.9 Å². The average Bonchev–Trinajstić information content (AvgIpc) is 2.38. The standard InChI is InChI=1S/C15H24BN2O/c1-6-9-14(13-18(4)12-7-2)10-11-17-15(19-5)16-8-3/h3,6,10-11,14H,1,7,9,12-13H2,2,4-5H3/b11-10+,17-15?. The quantitative estimate of drug-likeness (QED) is 0.209. The normalized spacial score (nSPS) is 13.3. The van der Waals surface area contributed by atoms with E-state index < -0.39 is 0 Å². The van der Waals surface area contributed by atoms with Gasteiger partial charge in [-0.1, -0.05) is 19.1 Å². The van der Waals surface area contributed by atoms with Gasteiger partial charge >= 0.3 is 7.28 Å². The maximum Gasteiger partial charge on any atom is 0.327 e. The third kappa shape index (κ3) is 9.15. The number of terminal acetylenes is 1. The first kappa shape index (κ1) is 17.5. The molecular formula is C15H24BN2O. The number of nitrogens with zero attached hydrogens (tertiary/aromatic N) is 2. The number of hydrogen-bond acceptors (Lipinski definition) is 3. The van der Waals surface area contributed by atoms with Gasteiger partial charge in [0, 0.05) is 12.7 Å². The molecule has 0 aromatic rings. The van der Waals surface area contributed by atoms with Crippen molar-refractivity contribution in [3.8, 4) is 12.2 Å². The van der Waals surface area contributed by atoms with Crippen molar-refractivity contribution in [2.75, 3.05) is 27.2 Å². The molecule has 1 atom stereocenters. The molecule has 3 nitrogen and oxygen atoms in total. The summed E-state index contributed by atoms with van der Waals surface area (Å²) < 4.78 is 5.02. The largest absolute Gasteiger partial charge is 0.492 e. The maximum absolute atomic E-state index is 5.17. The highest BCUT2D eigenvalue weighted by Crippen LogP contribution is 2.08. The van der Waals surface area contributed by atoms with E-state index >= 15 is 0 Å². The van der Waals surface area contributed by atoms with Gasteiger partial charge in [-0.25, -0.2) is 4.99 Å². The topological polar surface area (TPSA) is 24.8 Å². The minimum atomic E-state index is 0.404. The van der Waals surface area contributed by atoms with E-state index in [4.69, 9.17) is 11.2 Å². The molecule has 0 saturated carbocycles. The lowest BCUT2D eigenvalue weighted by atomic mass is 9.80. The first-order valence-electron chi connectivity index (χ1n) is 6.55. The highest BCUT2D eigenvalue weighted by Gasteiger charge is 2.06. The Kier molecular flexibility index (Phi) is 10.7. The van der Waals surface area contributed by atoms with Gasteiger partial charge in [-0.05, 0) is 32.4 Å². The van der Waals surface area contributed by atoms with Crippen molar-refractivity contribution in [2.45, 2.75) is 19.8 Å². The van der Waals surface area contributed by atoms with Crippen LogP contribution in [0.25, 0.3) is 0 Å². The minimum Gasteiger partial charge on any atom is -0.492 e. The third-order valence-electron chi connectivity index (χ3n) is 2.60. The zero-order valence-electron chi connectivity index (χ0n) is 12.3. The summed E-state index contributed by atoms with van der Waals surface area (Å²) in [7, 11) is 5.18. The molecule has 0 saturated heterocycles. The van der Waals surface area contributed by atoms with Crippen LogP contribution in [0.4, 0.5) is 0 Å². The van der Waals surface area contributed by atoms with Gasteiger partial charge in [0.1, 0.15) is 5.80 Å². The molecule has 19 heavy (non-hydrogen) atoms. The second-order valence-corrected chi connectivity index (χ2v) is 4.37. The lowest BCUT2D eigenvalue weighted by Gasteiger charge is -2.20. The molecule has 0 aliphatic heterocycles. The van der Waals surface area contributed by atoms with E-state index in [1.54, 1.807) is 13.3 Å². The molecule has 0 aliphatic rings. The second kappa shape index (κ2) is 11.6. The monoisotopic (exact) mass is 259 g/mol. The van der Waals surface area contributed by atoms with Crippen LogP contribution in [0.3, 0.4) is 0 Å². The molecule has 0 heterocycles. The van der Waals surface area contributed by atoms with Gasteiger partial charge in [0.2, 0.25) is 0 Å². The molecule has 0 rings (SSSR count). The fourth-order valence-electron chi connectivity index (χ4n) is 1.76. The van der Waals surface area contributed by atoms with Crippen molar-refractivity contribution in [3.05, 3.63) is 24.9 Å². The summed E-state index contributed by atoms with van der Waals surface area (Å²) in [6, 6.07) is 0. The van der Waals surface area contributed by atoms with Crippen LogP contribution in [-0.2, 0) is 4.74 Å². The van der Waals surface area contributed by atoms with Crippen molar-refractivity contribution >= 4 is 13.1 Å². The Morgan fingerprint density at radius 3 is 2.89 bits per heavy atom. The summed E-state index contributed by atoms with van der Waals surface area (Å²) in [5.41, 5.74) is 0. The predicted molar refractivity (Wildman–Crippen MR) is 84.3 cm³/mol. The van der Waals surface area contributed by atoms with E-state index in [9.17, 15) is 0 Å². The molecule has 0 bridgehead atoms. The van der Waals surface area contributed by atoms with E-state index in [0.29, 0.717) is 11.7 Å². The van der Waals surface area contributed by atoms with Gasteiger partial charge in [0.25, 0.3) is 0 Å². The smallest absolute Gasteiger partial charge is 0.327 e. The molecule has 103 valence electrons. The van der Waals surface area contributed by atoms with Crippen molar-refractivity contribution in [2.24, 2.45) is 10.9 Å². The Bertz CT molecular complexity index is 345. The fraction of sp³-hybridized carbons (Fsp3) is 0.533. The van der Waals surface area contributed by atoms with E-state index in [2.05, 4.69) is 42.3 Å². The van der Waals surface area contributed by atoms with Crippen molar-refractivity contribution < 1.29 is 4.74 Å². The summed E-state index contributed by atoms with van der Waals surface area (Å²) in [5, 5.41) is 0. The molecule has 0 spiro atoms. The Morgan fingerprint density at radius 1 is 1.63 bits per heavy atom. The average molecular weight is 259 g/mol. The summed E-state index contributed by atoms with van der Waals surface area (Å²) in [4.78, 5) is 6.48. The molecule has 0 aromatic carbocycles. The van der Waals surface area contributed by atoms with Crippen molar-refractivity contribution in [1.82, 2.24) is 4.90 Å². The Morgan fingerprint density at radius 2 is 2.37 bits per heavy atom. The van der Waals surface area contributed by atoms with Gasteiger partial charge in [-0.15, -0.1) is 13.0 Å². The summed E-state index contributed by atoms with van der Waals surface area (Å²) in [5.74, 6) is 3.24. The Labute approximate surface area is 118 Å². The number of rotatable bonds is 9. The number of allylic oxidation sites excluding steroid dienone is 1. The Balaban J connectivity index is 4.47. The molecular weight excluding hydrogens is 235 g/mol. The number of ether oxygens (including phenoxy) is 1. The van der Waals surface area contributed by atoms with E-state index in [1.165, 1.54) is 7.28 Å². The highest BCUT2D eigenvalue weighted by atomic mass is 16.5. The first-order chi connectivity index (χ1) is 9.17. The second-order valence-electron chi connectivity index (χ2n) is 4.37. The molecule has 0 fully saturated rings. The van der Waals surface area contributed by atoms with Crippen LogP contribution < -0.4 is 0 Å². The summed E-state index contributed by atoms with van der Waals surface area (Å²) in [6.45, 7) is 8.07. The Hall–Kier alpha value is -1.47. The van der Waals surface area contributed by atoms with E-state index in [0.717, 1.165) is 25.9 Å². The molecule has 1 radical (unpaired) electrons. The third-order valence-corrected chi connectivity index (χ3v) is 2.60. The summed E-state index contributed by atoms with van der Waals surface area (Å²) in [6.07, 6.45) is 13.0. The van der Waals surface area contributed by atoms with Crippen molar-refractivity contribution in [1.29, 1.82) is 0 Å².